The molecule has 0 heterocycles. The van der Waals surface area contributed by atoms with Crippen molar-refractivity contribution in [1.29, 1.82) is 0 Å². The van der Waals surface area contributed by atoms with Crippen molar-refractivity contribution in [3.05, 3.63) is 0 Å². The number of alkyl halides is 2. The fraction of sp³-hybridized carbons (Fsp3) is 1.00. The third-order valence-electron chi connectivity index (χ3n) is 3.53. The molecule has 2 heteroatoms. The standard InChI is InChI=1S/C14H28F2.C3H8.C2H6/c1-5-7-10-13(6-2)12(3)9-8-11-14(4,15)16;1-3-2;1-2/h12-13H,5-11H2,1-4H3;3H2,1-2H3;1-2H3. The molecule has 0 aliphatic heterocycles. The van der Waals surface area contributed by atoms with E-state index in [0.29, 0.717) is 12.3 Å². The Hall–Kier alpha value is -0.140. The molecule has 0 radical (unpaired) electrons. The van der Waals surface area contributed by atoms with E-state index in [-0.39, 0.29) is 6.42 Å². The topological polar surface area (TPSA) is 0 Å². The van der Waals surface area contributed by atoms with Gasteiger partial charge in [-0.2, -0.15) is 0 Å². The first-order valence-electron chi connectivity index (χ1n) is 9.20. The van der Waals surface area contributed by atoms with Crippen LogP contribution in [0.4, 0.5) is 8.78 Å². The van der Waals surface area contributed by atoms with Crippen molar-refractivity contribution in [1.82, 2.24) is 0 Å². The maximum Gasteiger partial charge on any atom is 0.245 e. The lowest BCUT2D eigenvalue weighted by Crippen LogP contribution is -2.14. The molecule has 2 atom stereocenters. The molecule has 2 unspecified atom stereocenters. The van der Waals surface area contributed by atoms with Gasteiger partial charge in [0.25, 0.3) is 0 Å². The highest BCUT2D eigenvalue weighted by atomic mass is 19.3. The highest BCUT2D eigenvalue weighted by Gasteiger charge is 2.22. The summed E-state index contributed by atoms with van der Waals surface area (Å²) < 4.78 is 25.3. The molecule has 0 fully saturated rings. The van der Waals surface area contributed by atoms with Crippen LogP contribution in [0, 0.1) is 11.8 Å². The largest absolute Gasteiger partial charge is 0.245 e. The Balaban J connectivity index is -0.000000569. The summed E-state index contributed by atoms with van der Waals surface area (Å²) >= 11 is 0. The van der Waals surface area contributed by atoms with Crippen LogP contribution in [0.1, 0.15) is 107 Å². The van der Waals surface area contributed by atoms with Crippen LogP contribution in [-0.4, -0.2) is 5.92 Å². The highest BCUT2D eigenvalue weighted by molar-refractivity contribution is 4.67. The van der Waals surface area contributed by atoms with Gasteiger partial charge in [0.2, 0.25) is 5.92 Å². The van der Waals surface area contributed by atoms with Gasteiger partial charge in [-0.25, -0.2) is 8.78 Å². The predicted octanol–water partition coefficient (Wildman–Crippen LogP) is 8.11. The van der Waals surface area contributed by atoms with Gasteiger partial charge in [-0.3, -0.25) is 0 Å². The van der Waals surface area contributed by atoms with Crippen LogP contribution in [0.25, 0.3) is 0 Å². The first kappa shape index (κ1) is 25.8. The smallest absolute Gasteiger partial charge is 0.207 e. The molecule has 0 aromatic heterocycles. The molecule has 21 heavy (non-hydrogen) atoms. The second kappa shape index (κ2) is 17.9. The van der Waals surface area contributed by atoms with E-state index in [1.54, 1.807) is 0 Å². The first-order chi connectivity index (χ1) is 9.82. The summed E-state index contributed by atoms with van der Waals surface area (Å²) in [6, 6.07) is 0. The average Bonchev–Trinajstić information content (AvgIpc) is 2.41. The number of hydrogen-bond donors (Lipinski definition) is 0. The van der Waals surface area contributed by atoms with Crippen molar-refractivity contribution in [3.8, 4) is 0 Å². The van der Waals surface area contributed by atoms with Gasteiger partial charge in [0.05, 0.1) is 0 Å². The van der Waals surface area contributed by atoms with E-state index in [1.807, 2.05) is 13.8 Å². The Bertz CT molecular complexity index is 173. The lowest BCUT2D eigenvalue weighted by Gasteiger charge is -2.23. The zero-order valence-corrected chi connectivity index (χ0v) is 16.1. The van der Waals surface area contributed by atoms with E-state index in [2.05, 4.69) is 34.6 Å². The quantitative estimate of drug-likeness (QED) is 0.403. The van der Waals surface area contributed by atoms with Crippen molar-refractivity contribution >= 4 is 0 Å². The summed E-state index contributed by atoms with van der Waals surface area (Å²) in [5, 5.41) is 0. The van der Waals surface area contributed by atoms with Gasteiger partial charge < -0.3 is 0 Å². The van der Waals surface area contributed by atoms with Gasteiger partial charge in [-0.15, -0.1) is 0 Å². The number of rotatable bonds is 9. The molecule has 0 aliphatic carbocycles. The van der Waals surface area contributed by atoms with Gasteiger partial charge in [-0.1, -0.05) is 87.0 Å². The van der Waals surface area contributed by atoms with E-state index in [1.165, 1.54) is 32.1 Å². The van der Waals surface area contributed by atoms with Crippen LogP contribution in [0.5, 0.6) is 0 Å². The highest BCUT2D eigenvalue weighted by Crippen LogP contribution is 2.28. The molecule has 0 aliphatic rings. The number of halogens is 2. The minimum atomic E-state index is -2.48. The fourth-order valence-electron chi connectivity index (χ4n) is 2.33. The third kappa shape index (κ3) is 22.3. The second-order valence-electron chi connectivity index (χ2n) is 5.96. The van der Waals surface area contributed by atoms with Crippen molar-refractivity contribution in [2.24, 2.45) is 11.8 Å². The average molecular weight is 309 g/mol. The van der Waals surface area contributed by atoms with Gasteiger partial charge in [0.1, 0.15) is 0 Å². The van der Waals surface area contributed by atoms with E-state index in [0.717, 1.165) is 19.3 Å². The molecule has 0 aromatic rings. The molecule has 0 rings (SSSR count). The fourth-order valence-corrected chi connectivity index (χ4v) is 2.33. The Labute approximate surface area is 134 Å². The van der Waals surface area contributed by atoms with Crippen LogP contribution < -0.4 is 0 Å². The minimum Gasteiger partial charge on any atom is -0.207 e. The van der Waals surface area contributed by atoms with Crippen molar-refractivity contribution in [3.63, 3.8) is 0 Å². The molecule has 0 spiro atoms. The predicted molar refractivity (Wildman–Crippen MR) is 94.3 cm³/mol. The summed E-state index contributed by atoms with van der Waals surface area (Å²) in [6.45, 7) is 15.9. The molecule has 0 amide bonds. The number of hydrogen-bond acceptors (Lipinski definition) is 0. The molecule has 0 aromatic carbocycles. The van der Waals surface area contributed by atoms with E-state index >= 15 is 0 Å². The van der Waals surface area contributed by atoms with Gasteiger partial charge in [0.15, 0.2) is 0 Å². The first-order valence-corrected chi connectivity index (χ1v) is 9.20. The lowest BCUT2D eigenvalue weighted by atomic mass is 9.84. The Morgan fingerprint density at radius 1 is 0.905 bits per heavy atom. The van der Waals surface area contributed by atoms with Gasteiger partial charge in [0, 0.05) is 6.42 Å². The maximum absolute atomic E-state index is 12.7. The summed E-state index contributed by atoms with van der Waals surface area (Å²) in [4.78, 5) is 0. The molecule has 0 saturated carbocycles. The zero-order chi connectivity index (χ0) is 17.3. The third-order valence-corrected chi connectivity index (χ3v) is 3.53. The summed E-state index contributed by atoms with van der Waals surface area (Å²) in [5.41, 5.74) is 0. The van der Waals surface area contributed by atoms with Gasteiger partial charge in [-0.05, 0) is 25.2 Å². The van der Waals surface area contributed by atoms with Crippen molar-refractivity contribution in [2.75, 3.05) is 0 Å². The maximum atomic E-state index is 12.7. The van der Waals surface area contributed by atoms with Crippen LogP contribution in [0.2, 0.25) is 0 Å². The lowest BCUT2D eigenvalue weighted by molar-refractivity contribution is 0.00887. The molecule has 132 valence electrons. The van der Waals surface area contributed by atoms with Gasteiger partial charge >= 0.3 is 0 Å². The Kier molecular flexibility index (Phi) is 22.0. The Morgan fingerprint density at radius 2 is 1.38 bits per heavy atom. The molecule has 0 saturated heterocycles. The van der Waals surface area contributed by atoms with E-state index in [4.69, 9.17) is 0 Å². The second-order valence-corrected chi connectivity index (χ2v) is 5.96. The van der Waals surface area contributed by atoms with Crippen molar-refractivity contribution in [2.45, 2.75) is 113 Å². The van der Waals surface area contributed by atoms with Crippen LogP contribution in [0.3, 0.4) is 0 Å². The molecular weight excluding hydrogens is 266 g/mol. The summed E-state index contributed by atoms with van der Waals surface area (Å²) in [7, 11) is 0. The minimum absolute atomic E-state index is 0.0432. The summed E-state index contributed by atoms with van der Waals surface area (Å²) in [5.74, 6) is -1.16. The van der Waals surface area contributed by atoms with E-state index < -0.39 is 5.92 Å². The van der Waals surface area contributed by atoms with Crippen LogP contribution in [0.15, 0.2) is 0 Å². The van der Waals surface area contributed by atoms with E-state index in [9.17, 15) is 8.78 Å². The molecule has 0 nitrogen and oxygen atoms in total. The SMILES string of the molecule is CC.CCC.CCCCC(CC)C(C)CCCC(C)(F)F. The molecule has 0 N–H and O–H groups in total. The Morgan fingerprint density at radius 3 is 1.71 bits per heavy atom. The normalized spacial score (nSPS) is 13.4. The van der Waals surface area contributed by atoms with Crippen molar-refractivity contribution < 1.29 is 8.78 Å². The molecule has 0 bridgehead atoms. The van der Waals surface area contributed by atoms with Crippen LogP contribution in [-0.2, 0) is 0 Å². The zero-order valence-electron chi connectivity index (χ0n) is 16.1. The molecular formula is C19H42F2. The summed E-state index contributed by atoms with van der Waals surface area (Å²) in [6.07, 6.45) is 7.85. The monoisotopic (exact) mass is 308 g/mol. The number of unbranched alkanes of at least 4 members (excludes halogenated alkanes) is 1. The van der Waals surface area contributed by atoms with Crippen LogP contribution >= 0.6 is 0 Å².